The minimum atomic E-state index is -4.22. The zero-order chi connectivity index (χ0) is 31.9. The summed E-state index contributed by atoms with van der Waals surface area (Å²) in [4.78, 5) is 29.3. The fourth-order valence-corrected chi connectivity index (χ4v) is 6.51. The number of likely N-dealkylation sites (N-methyl/N-ethyl adjacent to an activating group) is 1. The Bertz CT molecular complexity index is 1690. The van der Waals surface area contributed by atoms with Gasteiger partial charge in [-0.3, -0.25) is 13.9 Å². The van der Waals surface area contributed by atoms with Gasteiger partial charge in [-0.25, -0.2) is 12.8 Å². The van der Waals surface area contributed by atoms with Crippen molar-refractivity contribution < 1.29 is 22.4 Å². The number of benzene rings is 4. The van der Waals surface area contributed by atoms with Crippen LogP contribution in [0.25, 0.3) is 0 Å². The molecule has 0 spiro atoms. The molecule has 4 aromatic carbocycles. The van der Waals surface area contributed by atoms with Crippen molar-refractivity contribution in [2.24, 2.45) is 0 Å². The highest BCUT2D eigenvalue weighted by molar-refractivity contribution is 7.92. The number of rotatable bonds is 12. The third kappa shape index (κ3) is 7.90. The molecule has 0 aliphatic carbocycles. The maximum absolute atomic E-state index is 15.0. The minimum Gasteiger partial charge on any atom is -0.355 e. The number of carbonyl (C=O) groups excluding carboxylic acids is 2. The van der Waals surface area contributed by atoms with Gasteiger partial charge >= 0.3 is 0 Å². The van der Waals surface area contributed by atoms with Gasteiger partial charge in [-0.1, -0.05) is 72.3 Å². The van der Waals surface area contributed by atoms with Crippen molar-refractivity contribution in [3.05, 3.63) is 131 Å². The van der Waals surface area contributed by atoms with E-state index in [9.17, 15) is 22.4 Å². The highest BCUT2D eigenvalue weighted by Gasteiger charge is 2.35. The Morgan fingerprint density at radius 2 is 1.43 bits per heavy atom. The number of amides is 2. The Hall–Kier alpha value is -4.50. The first kappa shape index (κ1) is 32.4. The molecule has 4 rings (SSSR count). The number of carbonyl (C=O) groups is 2. The molecule has 0 aliphatic rings. The third-order valence-electron chi connectivity index (χ3n) is 7.30. The smallest absolute Gasteiger partial charge is 0.264 e. The molecule has 0 bridgehead atoms. The minimum absolute atomic E-state index is 0.0280. The van der Waals surface area contributed by atoms with Crippen LogP contribution in [0.2, 0.25) is 0 Å². The van der Waals surface area contributed by atoms with Gasteiger partial charge in [-0.05, 0) is 74.7 Å². The molecule has 0 unspecified atom stereocenters. The van der Waals surface area contributed by atoms with Crippen molar-refractivity contribution >= 4 is 27.5 Å². The van der Waals surface area contributed by atoms with Crippen LogP contribution < -0.4 is 9.62 Å². The molecule has 0 saturated heterocycles. The van der Waals surface area contributed by atoms with Gasteiger partial charge in [0, 0.05) is 25.1 Å². The predicted octanol–water partition coefficient (Wildman–Crippen LogP) is 5.72. The van der Waals surface area contributed by atoms with E-state index < -0.39 is 40.2 Å². The maximum Gasteiger partial charge on any atom is 0.264 e. The van der Waals surface area contributed by atoms with E-state index in [0.717, 1.165) is 26.6 Å². The molecule has 0 aliphatic heterocycles. The number of hydrogen-bond acceptors (Lipinski definition) is 4. The standard InChI is InChI=1S/C35H38FN3O4S/c1-5-37-35(41)33(22-28-11-7-6-8-12-28)38(23-29-13-9-10-14-32(29)36)34(40)24-39(30-20-26(3)19-27(4)21-30)44(42,43)31-17-15-25(2)16-18-31/h6-21,33H,5,22-24H2,1-4H3,(H,37,41)/t33-/m0/s1. The van der Waals surface area contributed by atoms with Crippen molar-refractivity contribution in [3.63, 3.8) is 0 Å². The van der Waals surface area contributed by atoms with Gasteiger partial charge in [0.25, 0.3) is 10.0 Å². The van der Waals surface area contributed by atoms with Gasteiger partial charge in [-0.15, -0.1) is 0 Å². The van der Waals surface area contributed by atoms with E-state index in [1.807, 2.05) is 57.2 Å². The topological polar surface area (TPSA) is 86.8 Å². The lowest BCUT2D eigenvalue weighted by atomic mass is 10.0. The Morgan fingerprint density at radius 1 is 0.818 bits per heavy atom. The quantitative estimate of drug-likeness (QED) is 0.221. The highest BCUT2D eigenvalue weighted by Crippen LogP contribution is 2.27. The molecule has 1 N–H and O–H groups in total. The summed E-state index contributed by atoms with van der Waals surface area (Å²) in [7, 11) is -4.22. The summed E-state index contributed by atoms with van der Waals surface area (Å²) >= 11 is 0. The molecule has 2 amide bonds. The van der Waals surface area contributed by atoms with Crippen molar-refractivity contribution in [1.29, 1.82) is 0 Å². The number of aryl methyl sites for hydroxylation is 3. The van der Waals surface area contributed by atoms with Crippen LogP contribution in [0.15, 0.2) is 102 Å². The molecule has 4 aromatic rings. The van der Waals surface area contributed by atoms with Gasteiger partial charge in [0.05, 0.1) is 10.6 Å². The Kier molecular flexibility index (Phi) is 10.5. The Morgan fingerprint density at radius 3 is 2.05 bits per heavy atom. The van der Waals surface area contributed by atoms with Crippen LogP contribution in [-0.2, 0) is 32.6 Å². The molecular formula is C35H38FN3O4S. The van der Waals surface area contributed by atoms with Gasteiger partial charge in [0.15, 0.2) is 0 Å². The molecule has 0 aromatic heterocycles. The van der Waals surface area contributed by atoms with Gasteiger partial charge in [0.2, 0.25) is 11.8 Å². The summed E-state index contributed by atoms with van der Waals surface area (Å²) in [6, 6.07) is 26.0. The number of nitrogens with one attached hydrogen (secondary N) is 1. The van der Waals surface area contributed by atoms with Gasteiger partial charge in [-0.2, -0.15) is 0 Å². The van der Waals surface area contributed by atoms with Gasteiger partial charge < -0.3 is 10.2 Å². The van der Waals surface area contributed by atoms with E-state index in [4.69, 9.17) is 0 Å². The van der Waals surface area contributed by atoms with Crippen molar-refractivity contribution in [3.8, 4) is 0 Å². The lowest BCUT2D eigenvalue weighted by Crippen LogP contribution is -2.53. The number of nitrogens with zero attached hydrogens (tertiary/aromatic N) is 2. The van der Waals surface area contributed by atoms with E-state index in [1.54, 1.807) is 49.4 Å². The van der Waals surface area contributed by atoms with E-state index in [2.05, 4.69) is 5.32 Å². The third-order valence-corrected chi connectivity index (χ3v) is 9.09. The first-order valence-corrected chi connectivity index (χ1v) is 16.0. The van der Waals surface area contributed by atoms with Crippen molar-refractivity contribution in [1.82, 2.24) is 10.2 Å². The first-order valence-electron chi connectivity index (χ1n) is 14.5. The lowest BCUT2D eigenvalue weighted by Gasteiger charge is -2.34. The van der Waals surface area contributed by atoms with E-state index >= 15 is 0 Å². The maximum atomic E-state index is 15.0. The summed E-state index contributed by atoms with van der Waals surface area (Å²) in [6.45, 7) is 6.83. The highest BCUT2D eigenvalue weighted by atomic mass is 32.2. The van der Waals surface area contributed by atoms with Crippen LogP contribution in [0, 0.1) is 26.6 Å². The molecule has 44 heavy (non-hydrogen) atoms. The van der Waals surface area contributed by atoms with E-state index in [1.165, 1.54) is 23.1 Å². The second-order valence-electron chi connectivity index (χ2n) is 10.9. The van der Waals surface area contributed by atoms with Crippen LogP contribution >= 0.6 is 0 Å². The van der Waals surface area contributed by atoms with Crippen LogP contribution in [0.4, 0.5) is 10.1 Å². The predicted molar refractivity (Wildman–Crippen MR) is 171 cm³/mol. The number of halogens is 1. The summed E-state index contributed by atoms with van der Waals surface area (Å²) in [5.74, 6) is -1.59. The average Bonchev–Trinajstić information content (AvgIpc) is 2.98. The summed E-state index contributed by atoms with van der Waals surface area (Å²) in [6.07, 6.45) is 0.154. The summed E-state index contributed by atoms with van der Waals surface area (Å²) < 4.78 is 44.3. The lowest BCUT2D eigenvalue weighted by molar-refractivity contribution is -0.140. The Balaban J connectivity index is 1.83. The van der Waals surface area contributed by atoms with Crippen LogP contribution in [0.5, 0.6) is 0 Å². The van der Waals surface area contributed by atoms with E-state index in [0.29, 0.717) is 12.2 Å². The normalized spacial score (nSPS) is 11.9. The second-order valence-corrected chi connectivity index (χ2v) is 12.7. The molecule has 0 fully saturated rings. The van der Waals surface area contributed by atoms with Crippen LogP contribution in [0.1, 0.15) is 34.7 Å². The van der Waals surface area contributed by atoms with Crippen LogP contribution in [-0.4, -0.2) is 44.3 Å². The first-order chi connectivity index (χ1) is 21.0. The average molecular weight is 616 g/mol. The van der Waals surface area contributed by atoms with Crippen molar-refractivity contribution in [2.45, 2.75) is 51.6 Å². The fraction of sp³-hybridized carbons (Fsp3) is 0.257. The summed E-state index contributed by atoms with van der Waals surface area (Å²) in [5.41, 5.74) is 3.86. The molecule has 0 saturated carbocycles. The monoisotopic (exact) mass is 615 g/mol. The molecule has 1 atom stereocenters. The molecule has 7 nitrogen and oxygen atoms in total. The second kappa shape index (κ2) is 14.3. The molecule has 9 heteroatoms. The summed E-state index contributed by atoms with van der Waals surface area (Å²) in [5, 5.41) is 2.80. The zero-order valence-electron chi connectivity index (χ0n) is 25.5. The fourth-order valence-electron chi connectivity index (χ4n) is 5.12. The van der Waals surface area contributed by atoms with Crippen molar-refractivity contribution in [2.75, 3.05) is 17.4 Å². The number of anilines is 1. The molecule has 0 heterocycles. The molecule has 0 radical (unpaired) electrons. The largest absolute Gasteiger partial charge is 0.355 e. The SMILES string of the molecule is CCNC(=O)[C@H](Cc1ccccc1)N(Cc1ccccc1F)C(=O)CN(c1cc(C)cc(C)c1)S(=O)(=O)c1ccc(C)cc1. The molecular weight excluding hydrogens is 577 g/mol. The Labute approximate surface area is 259 Å². The number of hydrogen-bond donors (Lipinski definition) is 1. The van der Waals surface area contributed by atoms with Gasteiger partial charge in [0.1, 0.15) is 18.4 Å². The van der Waals surface area contributed by atoms with E-state index in [-0.39, 0.29) is 23.4 Å². The number of sulfonamides is 1. The molecule has 230 valence electrons. The zero-order valence-corrected chi connectivity index (χ0v) is 26.3. The van der Waals surface area contributed by atoms with Crippen LogP contribution in [0.3, 0.4) is 0 Å².